The second-order valence-electron chi connectivity index (χ2n) is 10.1. The normalized spacial score (nSPS) is 15.8. The number of fused-ring (bicyclic) bond motifs is 5. The average Bonchev–Trinajstić information content (AvgIpc) is 3.16. The van der Waals surface area contributed by atoms with Crippen molar-refractivity contribution >= 4 is 49.0 Å². The van der Waals surface area contributed by atoms with E-state index in [9.17, 15) is 0 Å². The van der Waals surface area contributed by atoms with Gasteiger partial charge in [0.25, 0.3) is 0 Å². The van der Waals surface area contributed by atoms with Crippen LogP contribution in [0, 0.1) is 13.8 Å². The molecule has 0 radical (unpaired) electrons. The second kappa shape index (κ2) is 6.45. The first-order valence-corrected chi connectivity index (χ1v) is 12.1. The molecule has 0 aliphatic heterocycles. The van der Waals surface area contributed by atoms with Crippen LogP contribution in [0.4, 0.5) is 0 Å². The molecule has 158 valence electrons. The van der Waals surface area contributed by atoms with Gasteiger partial charge >= 0.3 is 0 Å². The molecule has 0 atom stereocenters. The molecule has 0 spiro atoms. The van der Waals surface area contributed by atoms with E-state index in [1.807, 2.05) is 0 Å². The smallest absolute Gasteiger partial charge is 0.224 e. The van der Waals surface area contributed by atoms with Crippen LogP contribution in [-0.4, -0.2) is 4.40 Å². The predicted octanol–water partition coefficient (Wildman–Crippen LogP) is 7.48. The first kappa shape index (κ1) is 18.4. The summed E-state index contributed by atoms with van der Waals surface area (Å²) in [6.07, 6.45) is 9.04. The van der Waals surface area contributed by atoms with Crippen LogP contribution in [0.1, 0.15) is 54.7 Å². The lowest BCUT2D eigenvalue weighted by Crippen LogP contribution is -2.29. The minimum Gasteiger partial charge on any atom is -0.307 e. The van der Waals surface area contributed by atoms with Crippen LogP contribution in [0.25, 0.3) is 49.0 Å². The van der Waals surface area contributed by atoms with Crippen molar-refractivity contribution in [3.05, 3.63) is 71.4 Å². The van der Waals surface area contributed by atoms with Gasteiger partial charge < -0.3 is 4.40 Å². The lowest BCUT2D eigenvalue weighted by molar-refractivity contribution is -0.643. The fourth-order valence-electron chi connectivity index (χ4n) is 6.62. The van der Waals surface area contributed by atoms with E-state index >= 15 is 0 Å². The number of hydrogen-bond acceptors (Lipinski definition) is 0. The molecular formula is C30H29N2+. The summed E-state index contributed by atoms with van der Waals surface area (Å²) >= 11 is 0. The predicted molar refractivity (Wildman–Crippen MR) is 135 cm³/mol. The van der Waals surface area contributed by atoms with Crippen LogP contribution in [-0.2, 0) is 7.05 Å². The Balaban J connectivity index is 1.80. The van der Waals surface area contributed by atoms with Gasteiger partial charge in [-0.15, -0.1) is 0 Å². The quantitative estimate of drug-likeness (QED) is 0.149. The zero-order valence-electron chi connectivity index (χ0n) is 19.2. The van der Waals surface area contributed by atoms with Gasteiger partial charge in [-0.05, 0) is 60.7 Å². The third kappa shape index (κ3) is 2.28. The number of nitrogens with zero attached hydrogens (tertiary/aromatic N) is 2. The summed E-state index contributed by atoms with van der Waals surface area (Å²) in [5, 5.41) is 6.92. The molecule has 3 heterocycles. The minimum atomic E-state index is 0.694. The van der Waals surface area contributed by atoms with Gasteiger partial charge in [0.1, 0.15) is 7.05 Å². The van der Waals surface area contributed by atoms with Crippen LogP contribution in [0.15, 0.2) is 54.7 Å². The highest BCUT2D eigenvalue weighted by Crippen LogP contribution is 2.43. The first-order chi connectivity index (χ1) is 15.6. The maximum atomic E-state index is 2.60. The van der Waals surface area contributed by atoms with Crippen LogP contribution >= 0.6 is 0 Å². The van der Waals surface area contributed by atoms with Gasteiger partial charge in [0, 0.05) is 16.8 Å². The van der Waals surface area contributed by atoms with Gasteiger partial charge in [-0.1, -0.05) is 55.7 Å². The highest BCUT2D eigenvalue weighted by atomic mass is 15.0. The number of pyridine rings is 2. The van der Waals surface area contributed by atoms with Crippen molar-refractivity contribution in [2.24, 2.45) is 7.05 Å². The third-order valence-electron chi connectivity index (χ3n) is 8.15. The van der Waals surface area contributed by atoms with Crippen molar-refractivity contribution in [2.45, 2.75) is 51.9 Å². The number of hydrogen-bond donors (Lipinski definition) is 0. The van der Waals surface area contributed by atoms with E-state index in [1.165, 1.54) is 97.8 Å². The van der Waals surface area contributed by atoms with E-state index in [1.54, 1.807) is 0 Å². The summed E-state index contributed by atoms with van der Waals surface area (Å²) in [4.78, 5) is 0. The van der Waals surface area contributed by atoms with Gasteiger partial charge in [-0.25, -0.2) is 4.57 Å². The molecule has 2 nitrogen and oxygen atoms in total. The van der Waals surface area contributed by atoms with Crippen molar-refractivity contribution in [1.29, 1.82) is 0 Å². The van der Waals surface area contributed by atoms with E-state index < -0.39 is 0 Å². The number of aromatic nitrogens is 2. The summed E-state index contributed by atoms with van der Waals surface area (Å²) < 4.78 is 4.94. The second-order valence-corrected chi connectivity index (χ2v) is 10.1. The van der Waals surface area contributed by atoms with Crippen LogP contribution < -0.4 is 4.57 Å². The van der Waals surface area contributed by atoms with Crippen LogP contribution in [0.2, 0.25) is 0 Å². The summed E-state index contributed by atoms with van der Waals surface area (Å²) in [5.41, 5.74) is 9.73. The molecule has 2 heteroatoms. The summed E-state index contributed by atoms with van der Waals surface area (Å²) in [7, 11) is 2.20. The maximum absolute atomic E-state index is 2.60. The van der Waals surface area contributed by atoms with Crippen molar-refractivity contribution in [1.82, 2.24) is 4.40 Å². The molecule has 1 aliphatic rings. The molecule has 0 N–H and O–H groups in total. The van der Waals surface area contributed by atoms with E-state index in [-0.39, 0.29) is 0 Å². The summed E-state index contributed by atoms with van der Waals surface area (Å²) in [6, 6.07) is 18.8. The molecular weight excluding hydrogens is 388 g/mol. The Hall–Kier alpha value is -3.13. The molecule has 0 amide bonds. The molecule has 0 saturated heterocycles. The third-order valence-corrected chi connectivity index (χ3v) is 8.15. The fourth-order valence-corrected chi connectivity index (χ4v) is 6.62. The van der Waals surface area contributed by atoms with Crippen LogP contribution in [0.3, 0.4) is 0 Å². The highest BCUT2D eigenvalue weighted by molar-refractivity contribution is 6.26. The van der Waals surface area contributed by atoms with Gasteiger partial charge in [0.15, 0.2) is 6.20 Å². The molecule has 0 unspecified atom stereocenters. The van der Waals surface area contributed by atoms with E-state index in [0.717, 1.165) is 0 Å². The first-order valence-electron chi connectivity index (χ1n) is 12.1. The molecule has 3 aromatic carbocycles. The Morgan fingerprint density at radius 3 is 2.47 bits per heavy atom. The standard InChI is InChI=1S/C30H29N2/c1-18-12-13-24-23-11-7-8-19(2)28(23)32-25-17-22(20-9-5-4-6-10-20)16-21-14-15-31(3)30(27(21)25)26(18)29(24)32/h7-8,11-17,20H,4-6,9-10H2,1-3H3/q+1. The van der Waals surface area contributed by atoms with E-state index in [4.69, 9.17) is 0 Å². The molecule has 0 bridgehead atoms. The lowest BCUT2D eigenvalue weighted by atomic mass is 9.83. The Morgan fingerprint density at radius 1 is 0.812 bits per heavy atom. The Morgan fingerprint density at radius 2 is 1.62 bits per heavy atom. The highest BCUT2D eigenvalue weighted by Gasteiger charge is 2.26. The molecule has 1 saturated carbocycles. The monoisotopic (exact) mass is 417 g/mol. The Kier molecular flexibility index (Phi) is 3.72. The van der Waals surface area contributed by atoms with Crippen molar-refractivity contribution in [3.63, 3.8) is 0 Å². The largest absolute Gasteiger partial charge is 0.307 e. The summed E-state index contributed by atoms with van der Waals surface area (Å²) in [5.74, 6) is 0.694. The van der Waals surface area contributed by atoms with E-state index in [0.29, 0.717) is 5.92 Å². The van der Waals surface area contributed by atoms with Crippen LogP contribution in [0.5, 0.6) is 0 Å². The van der Waals surface area contributed by atoms with Gasteiger partial charge in [-0.2, -0.15) is 0 Å². The molecule has 7 rings (SSSR count). The van der Waals surface area contributed by atoms with E-state index in [2.05, 4.69) is 84.6 Å². The van der Waals surface area contributed by atoms with Crippen molar-refractivity contribution < 1.29 is 4.57 Å². The minimum absolute atomic E-state index is 0.694. The zero-order chi connectivity index (χ0) is 21.6. The Bertz CT molecular complexity index is 1680. The summed E-state index contributed by atoms with van der Waals surface area (Å²) in [6.45, 7) is 4.53. The van der Waals surface area contributed by atoms with Gasteiger partial charge in [0.05, 0.1) is 27.3 Å². The zero-order valence-corrected chi connectivity index (χ0v) is 19.2. The SMILES string of the molecule is Cc1ccc2c3cccc(C)c3n3c4cc(C5CCCCC5)cc5cc[n+](C)c(c1c23)c54. The molecule has 6 aromatic rings. The Labute approximate surface area is 188 Å². The van der Waals surface area contributed by atoms with Gasteiger partial charge in [-0.3, -0.25) is 0 Å². The van der Waals surface area contributed by atoms with Crippen molar-refractivity contribution in [3.8, 4) is 0 Å². The number of para-hydroxylation sites is 1. The number of benzene rings is 3. The molecule has 1 fully saturated rings. The van der Waals surface area contributed by atoms with Crippen molar-refractivity contribution in [2.75, 3.05) is 0 Å². The average molecular weight is 418 g/mol. The van der Waals surface area contributed by atoms with Gasteiger partial charge in [0.2, 0.25) is 5.52 Å². The topological polar surface area (TPSA) is 8.29 Å². The lowest BCUT2D eigenvalue weighted by Gasteiger charge is -2.23. The maximum Gasteiger partial charge on any atom is 0.224 e. The molecule has 1 aliphatic carbocycles. The number of rotatable bonds is 1. The fraction of sp³-hybridized carbons (Fsp3) is 0.300. The molecule has 3 aromatic heterocycles. The number of aryl methyl sites for hydroxylation is 3. The molecule has 32 heavy (non-hydrogen) atoms.